The zero-order valence-corrected chi connectivity index (χ0v) is 17.5. The van der Waals surface area contributed by atoms with E-state index in [0.717, 1.165) is 46.5 Å². The van der Waals surface area contributed by atoms with Gasteiger partial charge in [-0.05, 0) is 72.7 Å². The second kappa shape index (κ2) is 8.31. The zero-order chi connectivity index (χ0) is 22.0. The zero-order valence-electron chi connectivity index (χ0n) is 17.5. The molecule has 0 spiro atoms. The van der Waals surface area contributed by atoms with E-state index in [4.69, 9.17) is 10.2 Å². The highest BCUT2D eigenvalue weighted by atomic mass is 16.4. The smallest absolute Gasteiger partial charge is 0.231 e. The van der Waals surface area contributed by atoms with E-state index in [2.05, 4.69) is 20.8 Å². The van der Waals surface area contributed by atoms with Gasteiger partial charge in [0.2, 0.25) is 24.6 Å². The largest absolute Gasteiger partial charge is 0.424 e. The monoisotopic (exact) mass is 419 g/mol. The number of nitrogens with zero attached hydrogens (tertiary/aromatic N) is 2. The molecule has 8 nitrogen and oxygen atoms in total. The normalized spacial score (nSPS) is 15.2. The van der Waals surface area contributed by atoms with Crippen molar-refractivity contribution in [3.63, 3.8) is 0 Å². The van der Waals surface area contributed by atoms with Crippen LogP contribution in [0.4, 0.5) is 11.4 Å². The van der Waals surface area contributed by atoms with Gasteiger partial charge in [-0.3, -0.25) is 9.59 Å². The number of fused-ring (bicyclic) bond motifs is 2. The van der Waals surface area contributed by atoms with Crippen molar-refractivity contribution in [2.45, 2.75) is 44.6 Å². The first-order valence-corrected chi connectivity index (χ1v) is 10.2. The van der Waals surface area contributed by atoms with Crippen LogP contribution in [-0.4, -0.2) is 29.1 Å². The van der Waals surface area contributed by atoms with Crippen molar-refractivity contribution in [2.75, 3.05) is 10.6 Å². The minimum atomic E-state index is -0.754. The SMILES string of the molecule is Cc1nnc(C2(C[C@H](C)N)c3ccc(NC=O)cc3CCc3cc(NC=O)ccc32)o1. The maximum Gasteiger partial charge on any atom is 0.231 e. The number of rotatable bonds is 7. The number of aryl methyl sites for hydroxylation is 3. The summed E-state index contributed by atoms with van der Waals surface area (Å²) < 4.78 is 6.03. The summed E-state index contributed by atoms with van der Waals surface area (Å²) in [5.74, 6) is 0.962. The van der Waals surface area contributed by atoms with Crippen LogP contribution in [0.2, 0.25) is 0 Å². The molecule has 0 saturated heterocycles. The number of anilines is 2. The van der Waals surface area contributed by atoms with Gasteiger partial charge < -0.3 is 20.8 Å². The number of carbonyl (C=O) groups excluding carboxylic acids is 2. The van der Waals surface area contributed by atoms with E-state index in [9.17, 15) is 9.59 Å². The van der Waals surface area contributed by atoms with Crippen LogP contribution in [-0.2, 0) is 27.8 Å². The maximum absolute atomic E-state index is 11.0. The molecule has 0 unspecified atom stereocenters. The lowest BCUT2D eigenvalue weighted by Crippen LogP contribution is -2.37. The molecule has 0 bridgehead atoms. The predicted molar refractivity (Wildman–Crippen MR) is 117 cm³/mol. The number of amides is 2. The lowest BCUT2D eigenvalue weighted by atomic mass is 9.68. The van der Waals surface area contributed by atoms with Crippen molar-refractivity contribution in [3.05, 3.63) is 70.4 Å². The van der Waals surface area contributed by atoms with Gasteiger partial charge >= 0.3 is 0 Å². The Hall–Kier alpha value is -3.52. The molecular formula is C23H25N5O3. The van der Waals surface area contributed by atoms with Crippen molar-refractivity contribution in [1.29, 1.82) is 0 Å². The Morgan fingerprint density at radius 1 is 1.03 bits per heavy atom. The first-order valence-electron chi connectivity index (χ1n) is 10.2. The molecule has 2 aromatic carbocycles. The van der Waals surface area contributed by atoms with E-state index in [1.807, 2.05) is 43.3 Å². The van der Waals surface area contributed by atoms with Crippen LogP contribution in [0.5, 0.6) is 0 Å². The highest BCUT2D eigenvalue weighted by Crippen LogP contribution is 2.48. The highest BCUT2D eigenvalue weighted by molar-refractivity contribution is 5.74. The summed E-state index contributed by atoms with van der Waals surface area (Å²) in [6.07, 6.45) is 3.38. The average Bonchev–Trinajstić information content (AvgIpc) is 3.13. The summed E-state index contributed by atoms with van der Waals surface area (Å²) >= 11 is 0. The summed E-state index contributed by atoms with van der Waals surface area (Å²) in [5.41, 5.74) is 11.3. The van der Waals surface area contributed by atoms with Crippen molar-refractivity contribution in [2.24, 2.45) is 5.73 Å². The van der Waals surface area contributed by atoms with E-state index >= 15 is 0 Å². The number of benzene rings is 2. The third-order valence-corrected chi connectivity index (χ3v) is 5.76. The van der Waals surface area contributed by atoms with Crippen LogP contribution < -0.4 is 16.4 Å². The third kappa shape index (κ3) is 3.70. The Kier molecular flexibility index (Phi) is 5.56. The number of hydrogen-bond acceptors (Lipinski definition) is 6. The first kappa shape index (κ1) is 20.7. The quantitative estimate of drug-likeness (QED) is 0.506. The van der Waals surface area contributed by atoms with Crippen molar-refractivity contribution < 1.29 is 14.0 Å². The van der Waals surface area contributed by atoms with Gasteiger partial charge in [0.1, 0.15) is 5.41 Å². The van der Waals surface area contributed by atoms with Gasteiger partial charge in [-0.15, -0.1) is 10.2 Å². The summed E-state index contributed by atoms with van der Waals surface area (Å²) in [6, 6.07) is 11.6. The van der Waals surface area contributed by atoms with Gasteiger partial charge in [-0.2, -0.15) is 0 Å². The van der Waals surface area contributed by atoms with Crippen molar-refractivity contribution in [3.8, 4) is 0 Å². The second-order valence-electron chi connectivity index (χ2n) is 7.98. The first-order chi connectivity index (χ1) is 15.0. The number of hydrogen-bond donors (Lipinski definition) is 3. The molecule has 3 aromatic rings. The lowest BCUT2D eigenvalue weighted by Gasteiger charge is -2.35. The number of aromatic nitrogens is 2. The van der Waals surface area contributed by atoms with Crippen molar-refractivity contribution >= 4 is 24.2 Å². The molecule has 1 aromatic heterocycles. The molecule has 160 valence electrons. The second-order valence-corrected chi connectivity index (χ2v) is 7.98. The summed E-state index contributed by atoms with van der Waals surface area (Å²) in [6.45, 7) is 3.72. The Morgan fingerprint density at radius 3 is 2.00 bits per heavy atom. The molecule has 4 rings (SSSR count). The van der Waals surface area contributed by atoms with Crippen LogP contribution in [0.3, 0.4) is 0 Å². The molecule has 2 amide bonds. The van der Waals surface area contributed by atoms with Crippen LogP contribution in [0.15, 0.2) is 40.8 Å². The minimum Gasteiger partial charge on any atom is -0.424 e. The van der Waals surface area contributed by atoms with Gasteiger partial charge in [-0.1, -0.05) is 12.1 Å². The summed E-state index contributed by atoms with van der Waals surface area (Å²) in [7, 11) is 0. The van der Waals surface area contributed by atoms with Crippen LogP contribution in [0, 0.1) is 6.92 Å². The van der Waals surface area contributed by atoms with E-state index in [1.165, 1.54) is 0 Å². The highest BCUT2D eigenvalue weighted by Gasteiger charge is 2.46. The van der Waals surface area contributed by atoms with Crippen LogP contribution >= 0.6 is 0 Å². The number of nitrogens with one attached hydrogen (secondary N) is 2. The molecule has 4 N–H and O–H groups in total. The molecule has 8 heteroatoms. The average molecular weight is 419 g/mol. The molecule has 1 aliphatic rings. The molecule has 0 radical (unpaired) electrons. The Balaban J connectivity index is 2.03. The van der Waals surface area contributed by atoms with Gasteiger partial charge in [0.15, 0.2) is 0 Å². The van der Waals surface area contributed by atoms with E-state index in [-0.39, 0.29) is 6.04 Å². The van der Waals surface area contributed by atoms with E-state index < -0.39 is 5.41 Å². The fourth-order valence-corrected chi connectivity index (χ4v) is 4.65. The standard InChI is InChI=1S/C23H25N5O3/c1-14(24)11-23(22-28-27-15(2)31-22)20-7-5-18(25-12-29)9-16(20)3-4-17-10-19(26-13-30)6-8-21(17)23/h5-10,12-14H,3-4,11,24H2,1-2H3,(H,25,29)(H,26,30)/t14-/m0/s1. The molecular weight excluding hydrogens is 394 g/mol. The Bertz CT molecular complexity index is 1060. The predicted octanol–water partition coefficient (Wildman–Crippen LogP) is 2.68. The van der Waals surface area contributed by atoms with Gasteiger partial charge in [-0.25, -0.2) is 0 Å². The lowest BCUT2D eigenvalue weighted by molar-refractivity contribution is -0.106. The number of carbonyl (C=O) groups is 2. The molecule has 0 fully saturated rings. The van der Waals surface area contributed by atoms with Crippen molar-refractivity contribution in [1.82, 2.24) is 10.2 Å². The number of nitrogens with two attached hydrogens (primary N) is 1. The summed E-state index contributed by atoms with van der Waals surface area (Å²) in [5, 5.41) is 14.0. The Labute approximate surface area is 180 Å². The van der Waals surface area contributed by atoms with Gasteiger partial charge in [0, 0.05) is 24.3 Å². The van der Waals surface area contributed by atoms with E-state index in [0.29, 0.717) is 31.0 Å². The fraction of sp³-hybridized carbons (Fsp3) is 0.304. The minimum absolute atomic E-state index is 0.161. The van der Waals surface area contributed by atoms with Crippen LogP contribution in [0.25, 0.3) is 0 Å². The van der Waals surface area contributed by atoms with Gasteiger partial charge in [0.25, 0.3) is 0 Å². The van der Waals surface area contributed by atoms with Crippen LogP contribution in [0.1, 0.15) is 47.4 Å². The molecule has 1 atom stereocenters. The maximum atomic E-state index is 11.0. The topological polar surface area (TPSA) is 123 Å². The molecule has 1 heterocycles. The Morgan fingerprint density at radius 2 is 1.58 bits per heavy atom. The molecule has 31 heavy (non-hydrogen) atoms. The molecule has 0 aliphatic heterocycles. The summed E-state index contributed by atoms with van der Waals surface area (Å²) in [4.78, 5) is 22.0. The fourth-order valence-electron chi connectivity index (χ4n) is 4.65. The van der Waals surface area contributed by atoms with E-state index in [1.54, 1.807) is 6.92 Å². The third-order valence-electron chi connectivity index (χ3n) is 5.76. The molecule has 1 aliphatic carbocycles. The molecule has 0 saturated carbocycles. The van der Waals surface area contributed by atoms with Gasteiger partial charge in [0.05, 0.1) is 0 Å².